The van der Waals surface area contributed by atoms with Crippen LogP contribution >= 0.6 is 0 Å². The Morgan fingerprint density at radius 1 is 1.20 bits per heavy atom. The van der Waals surface area contributed by atoms with Gasteiger partial charge in [-0.15, -0.1) is 0 Å². The lowest BCUT2D eigenvalue weighted by atomic mass is 9.93. The molecule has 3 rings (SSSR count). The van der Waals surface area contributed by atoms with Crippen LogP contribution in [0.25, 0.3) is 0 Å². The van der Waals surface area contributed by atoms with Gasteiger partial charge >= 0.3 is 0 Å². The van der Waals surface area contributed by atoms with Crippen molar-refractivity contribution in [2.24, 2.45) is 11.3 Å². The molecule has 1 aromatic rings. The van der Waals surface area contributed by atoms with Crippen LogP contribution < -0.4 is 5.32 Å². The van der Waals surface area contributed by atoms with E-state index in [-0.39, 0.29) is 23.1 Å². The Hall–Kier alpha value is -1.88. The molecule has 2 fully saturated rings. The SMILES string of the molecule is CCN(CC)C(=O)[C@H](NC(=O)[C@@H]1CC12CCOCC2)c1ccccc1. The van der Waals surface area contributed by atoms with E-state index in [9.17, 15) is 9.59 Å². The molecule has 136 valence electrons. The molecule has 1 aliphatic heterocycles. The zero-order valence-corrected chi connectivity index (χ0v) is 15.2. The molecule has 0 aromatic heterocycles. The first-order valence-electron chi connectivity index (χ1n) is 9.33. The highest BCUT2D eigenvalue weighted by molar-refractivity contribution is 5.91. The topological polar surface area (TPSA) is 58.6 Å². The third kappa shape index (κ3) is 3.71. The summed E-state index contributed by atoms with van der Waals surface area (Å²) in [5, 5.41) is 3.04. The van der Waals surface area contributed by atoms with Crippen LogP contribution in [0.5, 0.6) is 0 Å². The van der Waals surface area contributed by atoms with E-state index in [0.717, 1.165) is 38.0 Å². The second kappa shape index (κ2) is 7.56. The van der Waals surface area contributed by atoms with Crippen molar-refractivity contribution in [2.75, 3.05) is 26.3 Å². The van der Waals surface area contributed by atoms with Crippen molar-refractivity contribution in [1.82, 2.24) is 10.2 Å². The summed E-state index contributed by atoms with van der Waals surface area (Å²) in [6, 6.07) is 8.93. The van der Waals surface area contributed by atoms with E-state index in [1.807, 2.05) is 44.2 Å². The molecule has 5 heteroatoms. The van der Waals surface area contributed by atoms with Gasteiger partial charge in [0.05, 0.1) is 0 Å². The molecule has 0 bridgehead atoms. The van der Waals surface area contributed by atoms with Crippen LogP contribution in [0.3, 0.4) is 0 Å². The first-order chi connectivity index (χ1) is 12.1. The molecule has 2 atom stereocenters. The van der Waals surface area contributed by atoms with Crippen molar-refractivity contribution in [3.8, 4) is 0 Å². The molecule has 5 nitrogen and oxygen atoms in total. The third-order valence-electron chi connectivity index (χ3n) is 5.74. The Balaban J connectivity index is 1.74. The summed E-state index contributed by atoms with van der Waals surface area (Å²) >= 11 is 0. The van der Waals surface area contributed by atoms with Gasteiger partial charge in [0.15, 0.2) is 0 Å². The van der Waals surface area contributed by atoms with Gasteiger partial charge in [0.25, 0.3) is 0 Å². The summed E-state index contributed by atoms with van der Waals surface area (Å²) in [7, 11) is 0. The van der Waals surface area contributed by atoms with Gasteiger partial charge < -0.3 is 15.0 Å². The Kier molecular flexibility index (Phi) is 5.42. The number of nitrogens with zero attached hydrogens (tertiary/aromatic N) is 1. The summed E-state index contributed by atoms with van der Waals surface area (Å²) in [5.74, 6) is -0.00500. The van der Waals surface area contributed by atoms with Crippen molar-refractivity contribution < 1.29 is 14.3 Å². The third-order valence-corrected chi connectivity index (χ3v) is 5.74. The first-order valence-corrected chi connectivity index (χ1v) is 9.33. The zero-order chi connectivity index (χ0) is 17.9. The van der Waals surface area contributed by atoms with Gasteiger partial charge in [0.1, 0.15) is 6.04 Å². The second-order valence-corrected chi connectivity index (χ2v) is 7.09. The number of ether oxygens (including phenoxy) is 1. The van der Waals surface area contributed by atoms with Gasteiger partial charge in [0.2, 0.25) is 11.8 Å². The molecule has 1 saturated heterocycles. The highest BCUT2D eigenvalue weighted by Crippen LogP contribution is 2.59. The predicted octanol–water partition coefficient (Wildman–Crippen LogP) is 2.53. The van der Waals surface area contributed by atoms with Gasteiger partial charge in [-0.1, -0.05) is 30.3 Å². The zero-order valence-electron chi connectivity index (χ0n) is 15.2. The van der Waals surface area contributed by atoms with E-state index in [2.05, 4.69) is 5.32 Å². The van der Waals surface area contributed by atoms with Gasteiger partial charge in [0, 0.05) is 32.2 Å². The molecule has 1 aromatic carbocycles. The van der Waals surface area contributed by atoms with E-state index in [0.29, 0.717) is 13.1 Å². The second-order valence-electron chi connectivity index (χ2n) is 7.09. The number of carbonyl (C=O) groups excluding carboxylic acids is 2. The van der Waals surface area contributed by atoms with Crippen LogP contribution in [0.1, 0.15) is 44.7 Å². The number of amides is 2. The standard InChI is InChI=1S/C20H28N2O3/c1-3-22(4-2)19(24)17(15-8-6-5-7-9-15)21-18(23)16-14-20(16)10-12-25-13-11-20/h5-9,16-17H,3-4,10-14H2,1-2H3,(H,21,23)/t16-,17+/m0/s1. The van der Waals surface area contributed by atoms with E-state index in [1.165, 1.54) is 0 Å². The molecule has 0 radical (unpaired) electrons. The van der Waals surface area contributed by atoms with Crippen molar-refractivity contribution in [1.29, 1.82) is 0 Å². The smallest absolute Gasteiger partial charge is 0.249 e. The van der Waals surface area contributed by atoms with Crippen LogP contribution in [0.4, 0.5) is 0 Å². The number of hydrogen-bond donors (Lipinski definition) is 1. The molecule has 1 N–H and O–H groups in total. The van der Waals surface area contributed by atoms with Crippen LogP contribution in [0.15, 0.2) is 30.3 Å². The minimum absolute atomic E-state index is 0.0104. The van der Waals surface area contributed by atoms with Gasteiger partial charge in [-0.25, -0.2) is 0 Å². The number of benzene rings is 1. The highest BCUT2D eigenvalue weighted by atomic mass is 16.5. The lowest BCUT2D eigenvalue weighted by Crippen LogP contribution is -2.43. The summed E-state index contributed by atoms with van der Waals surface area (Å²) in [6.07, 6.45) is 2.82. The fourth-order valence-corrected chi connectivity index (χ4v) is 3.94. The summed E-state index contributed by atoms with van der Waals surface area (Å²) < 4.78 is 5.43. The van der Waals surface area contributed by atoms with Crippen molar-refractivity contribution in [2.45, 2.75) is 39.2 Å². The molecule has 1 heterocycles. The van der Waals surface area contributed by atoms with Gasteiger partial charge in [-0.3, -0.25) is 9.59 Å². The average molecular weight is 344 g/mol. The number of carbonyl (C=O) groups is 2. The van der Waals surface area contributed by atoms with Crippen molar-refractivity contribution >= 4 is 11.8 Å². The molecular formula is C20H28N2O3. The number of hydrogen-bond acceptors (Lipinski definition) is 3. The number of rotatable bonds is 6. The van der Waals surface area contributed by atoms with Gasteiger partial charge in [-0.05, 0) is 44.1 Å². The molecular weight excluding hydrogens is 316 g/mol. The van der Waals surface area contributed by atoms with E-state index in [1.54, 1.807) is 4.90 Å². The normalized spacial score (nSPS) is 22.2. The van der Waals surface area contributed by atoms with Crippen LogP contribution in [0.2, 0.25) is 0 Å². The summed E-state index contributed by atoms with van der Waals surface area (Å²) in [6.45, 7) is 6.68. The monoisotopic (exact) mass is 344 g/mol. The number of nitrogens with one attached hydrogen (secondary N) is 1. The Morgan fingerprint density at radius 2 is 1.84 bits per heavy atom. The molecule has 1 aliphatic carbocycles. The highest BCUT2D eigenvalue weighted by Gasteiger charge is 2.58. The lowest BCUT2D eigenvalue weighted by molar-refractivity contribution is -0.137. The van der Waals surface area contributed by atoms with Crippen molar-refractivity contribution in [3.05, 3.63) is 35.9 Å². The summed E-state index contributed by atoms with van der Waals surface area (Å²) in [4.78, 5) is 27.6. The Labute approximate surface area is 149 Å². The molecule has 1 spiro atoms. The van der Waals surface area contributed by atoms with Crippen LogP contribution in [-0.4, -0.2) is 43.0 Å². The fraction of sp³-hybridized carbons (Fsp3) is 0.600. The molecule has 25 heavy (non-hydrogen) atoms. The molecule has 2 amide bonds. The maximum atomic E-state index is 12.9. The van der Waals surface area contributed by atoms with Crippen molar-refractivity contribution in [3.63, 3.8) is 0 Å². The summed E-state index contributed by atoms with van der Waals surface area (Å²) in [5.41, 5.74) is 0.955. The lowest BCUT2D eigenvalue weighted by Gasteiger charge is -2.27. The van der Waals surface area contributed by atoms with E-state index >= 15 is 0 Å². The van der Waals surface area contributed by atoms with E-state index in [4.69, 9.17) is 4.74 Å². The molecule has 1 saturated carbocycles. The first kappa shape index (κ1) is 17.9. The fourth-order valence-electron chi connectivity index (χ4n) is 3.94. The Bertz CT molecular complexity index is 607. The maximum absolute atomic E-state index is 12.9. The predicted molar refractivity (Wildman–Crippen MR) is 95.8 cm³/mol. The largest absolute Gasteiger partial charge is 0.381 e. The minimum atomic E-state index is -0.605. The quantitative estimate of drug-likeness (QED) is 0.863. The maximum Gasteiger partial charge on any atom is 0.249 e. The molecule has 0 unspecified atom stereocenters. The van der Waals surface area contributed by atoms with Crippen LogP contribution in [0, 0.1) is 11.3 Å². The number of likely N-dealkylation sites (N-methyl/N-ethyl adjacent to an activating group) is 1. The minimum Gasteiger partial charge on any atom is -0.381 e. The Morgan fingerprint density at radius 3 is 2.44 bits per heavy atom. The average Bonchev–Trinajstić information content (AvgIpc) is 3.34. The van der Waals surface area contributed by atoms with Crippen LogP contribution in [-0.2, 0) is 14.3 Å². The van der Waals surface area contributed by atoms with E-state index < -0.39 is 6.04 Å². The van der Waals surface area contributed by atoms with Gasteiger partial charge in [-0.2, -0.15) is 0 Å². The molecule has 2 aliphatic rings.